The fraction of sp³-hybridized carbons (Fsp3) is 1.00. The lowest BCUT2D eigenvalue weighted by Gasteiger charge is -2.18. The maximum Gasteiger partial charge on any atom is 0.157 e. The lowest BCUT2D eigenvalue weighted by Crippen LogP contribution is -2.18. The molecule has 0 rings (SSSR count). The zero-order valence-electron chi connectivity index (χ0n) is 19.8. The van der Waals surface area contributed by atoms with Crippen molar-refractivity contribution in [2.24, 2.45) is 0 Å². The zero-order chi connectivity index (χ0) is 21.4. The van der Waals surface area contributed by atoms with E-state index >= 15 is 0 Å². The largest absolute Gasteiger partial charge is 0.353 e. The maximum absolute atomic E-state index is 5.80. The summed E-state index contributed by atoms with van der Waals surface area (Å²) in [5, 5.41) is 0. The van der Waals surface area contributed by atoms with Crippen LogP contribution in [-0.4, -0.2) is 58.0 Å². The minimum atomic E-state index is 0.0209. The first-order valence-corrected chi connectivity index (χ1v) is 15.0. The minimum absolute atomic E-state index is 0.0209. The van der Waals surface area contributed by atoms with Crippen molar-refractivity contribution in [3.8, 4) is 0 Å². The van der Waals surface area contributed by atoms with Crippen LogP contribution in [0.15, 0.2) is 0 Å². The second-order valence-corrected chi connectivity index (χ2v) is 10.5. The Hall–Kier alpha value is 0.274. The lowest BCUT2D eigenvalue weighted by molar-refractivity contribution is -0.146. The van der Waals surface area contributed by atoms with Gasteiger partial charge < -0.3 is 18.9 Å². The van der Waals surface area contributed by atoms with E-state index in [0.29, 0.717) is 0 Å². The molecule has 0 saturated heterocycles. The normalized spacial score (nSPS) is 11.8. The van der Waals surface area contributed by atoms with E-state index in [1.54, 1.807) is 0 Å². The quantitative estimate of drug-likeness (QED) is 0.0983. The summed E-state index contributed by atoms with van der Waals surface area (Å²) in [5.41, 5.74) is 0. The third kappa shape index (κ3) is 21.3. The molecule has 4 radical (unpaired) electrons. The van der Waals surface area contributed by atoms with Crippen LogP contribution in [0.25, 0.3) is 0 Å². The molecule has 0 atom stereocenters. The summed E-state index contributed by atoms with van der Waals surface area (Å²) in [5.74, 6) is 0. The molecule has 0 fully saturated rings. The Balaban J connectivity index is 3.52. The molecule has 0 aromatic rings. The number of ether oxygens (including phenoxy) is 4. The first kappa shape index (κ1) is 29.3. The number of hydrogen-bond acceptors (Lipinski definition) is 4. The highest BCUT2D eigenvalue weighted by atomic mass is 28.2. The topological polar surface area (TPSA) is 36.9 Å². The van der Waals surface area contributed by atoms with Gasteiger partial charge in [0.2, 0.25) is 0 Å². The van der Waals surface area contributed by atoms with E-state index in [-0.39, 0.29) is 12.6 Å². The fourth-order valence-corrected chi connectivity index (χ4v) is 5.42. The van der Waals surface area contributed by atoms with Gasteiger partial charge in [-0.1, -0.05) is 71.1 Å². The van der Waals surface area contributed by atoms with Crippen molar-refractivity contribution in [1.29, 1.82) is 0 Å². The molecule has 0 saturated carbocycles. The van der Waals surface area contributed by atoms with E-state index in [2.05, 4.69) is 27.7 Å². The molecule has 29 heavy (non-hydrogen) atoms. The third-order valence-corrected chi connectivity index (χ3v) is 7.15. The highest BCUT2D eigenvalue weighted by Gasteiger charge is 2.09. The summed E-state index contributed by atoms with van der Waals surface area (Å²) in [6, 6.07) is 5.45. The van der Waals surface area contributed by atoms with Crippen molar-refractivity contribution < 1.29 is 18.9 Å². The first-order chi connectivity index (χ1) is 14.3. The number of rotatable bonds is 24. The molecule has 0 aliphatic carbocycles. The smallest absolute Gasteiger partial charge is 0.157 e. The van der Waals surface area contributed by atoms with Gasteiger partial charge in [0.25, 0.3) is 0 Å². The summed E-state index contributed by atoms with van der Waals surface area (Å²) in [4.78, 5) is 0. The molecule has 0 bridgehead atoms. The van der Waals surface area contributed by atoms with Crippen LogP contribution in [0.3, 0.4) is 0 Å². The van der Waals surface area contributed by atoms with Gasteiger partial charge in [0.05, 0.1) is 0 Å². The van der Waals surface area contributed by atoms with Crippen LogP contribution in [0.5, 0.6) is 0 Å². The molecular formula is C23H48O4Si2. The molecular weight excluding hydrogens is 396 g/mol. The van der Waals surface area contributed by atoms with Crippen molar-refractivity contribution in [1.82, 2.24) is 0 Å². The van der Waals surface area contributed by atoms with Crippen LogP contribution in [0.2, 0.25) is 24.2 Å². The SMILES string of the molecule is CCCOC(CCC[Si]CCC[Si]CCCC(OCCC)OCCC)OCCC. The van der Waals surface area contributed by atoms with Gasteiger partial charge in [0, 0.05) is 45.5 Å². The lowest BCUT2D eigenvalue weighted by atomic mass is 10.3. The maximum atomic E-state index is 5.80. The van der Waals surface area contributed by atoms with Gasteiger partial charge in [-0.15, -0.1) is 0 Å². The molecule has 0 spiro atoms. The average Bonchev–Trinajstić information content (AvgIpc) is 2.74. The van der Waals surface area contributed by atoms with E-state index in [9.17, 15) is 0 Å². The Bertz CT molecular complexity index is 265. The van der Waals surface area contributed by atoms with Crippen LogP contribution < -0.4 is 0 Å². The molecule has 0 aromatic heterocycles. The van der Waals surface area contributed by atoms with Crippen molar-refractivity contribution in [2.75, 3.05) is 26.4 Å². The summed E-state index contributed by atoms with van der Waals surface area (Å²) >= 11 is 0. The molecule has 0 aromatic carbocycles. The van der Waals surface area contributed by atoms with Crippen LogP contribution in [-0.2, 0) is 18.9 Å². The van der Waals surface area contributed by atoms with E-state index in [4.69, 9.17) is 18.9 Å². The molecule has 6 heteroatoms. The summed E-state index contributed by atoms with van der Waals surface area (Å²) in [7, 11) is 2.19. The highest BCUT2D eigenvalue weighted by Crippen LogP contribution is 2.11. The molecule has 0 N–H and O–H groups in total. The standard InChI is InChI=1S/C23H48O4Si2/c1-5-14-24-22(25-15-6-2)12-9-18-28-20-11-21-29-19-10-13-23(26-16-7-3)27-17-8-4/h22-23H,5-21H2,1-4H3. The van der Waals surface area contributed by atoms with Gasteiger partial charge in [0.15, 0.2) is 12.6 Å². The average molecular weight is 445 g/mol. The van der Waals surface area contributed by atoms with Gasteiger partial charge in [-0.2, -0.15) is 0 Å². The Morgan fingerprint density at radius 2 is 0.793 bits per heavy atom. The molecule has 0 amide bonds. The second kappa shape index (κ2) is 24.5. The molecule has 0 unspecified atom stereocenters. The Morgan fingerprint density at radius 1 is 0.483 bits per heavy atom. The monoisotopic (exact) mass is 444 g/mol. The Labute approximate surface area is 186 Å². The van der Waals surface area contributed by atoms with E-state index in [0.717, 1.165) is 84.0 Å². The second-order valence-electron chi connectivity index (χ2n) is 7.48. The van der Waals surface area contributed by atoms with Crippen molar-refractivity contribution in [3.63, 3.8) is 0 Å². The van der Waals surface area contributed by atoms with E-state index in [1.165, 1.54) is 43.4 Å². The molecule has 4 nitrogen and oxygen atoms in total. The molecule has 0 aliphatic rings. The summed E-state index contributed by atoms with van der Waals surface area (Å²) < 4.78 is 23.2. The van der Waals surface area contributed by atoms with Crippen LogP contribution >= 0.6 is 0 Å². The zero-order valence-corrected chi connectivity index (χ0v) is 21.8. The molecule has 0 aliphatic heterocycles. The Morgan fingerprint density at radius 3 is 1.10 bits per heavy atom. The summed E-state index contributed by atoms with van der Waals surface area (Å²) in [6.07, 6.45) is 10.2. The van der Waals surface area contributed by atoms with Gasteiger partial charge in [-0.25, -0.2) is 0 Å². The van der Waals surface area contributed by atoms with Gasteiger partial charge >= 0.3 is 0 Å². The van der Waals surface area contributed by atoms with Crippen LogP contribution in [0.4, 0.5) is 0 Å². The fourth-order valence-electron chi connectivity index (χ4n) is 2.80. The number of hydrogen-bond donors (Lipinski definition) is 0. The van der Waals surface area contributed by atoms with Crippen molar-refractivity contribution >= 4 is 19.0 Å². The summed E-state index contributed by atoms with van der Waals surface area (Å²) in [6.45, 7) is 11.9. The van der Waals surface area contributed by atoms with Crippen LogP contribution in [0.1, 0.15) is 85.5 Å². The third-order valence-electron chi connectivity index (χ3n) is 4.33. The predicted octanol–water partition coefficient (Wildman–Crippen LogP) is 6.38. The van der Waals surface area contributed by atoms with E-state index < -0.39 is 0 Å². The van der Waals surface area contributed by atoms with Gasteiger partial charge in [-0.05, 0) is 38.5 Å². The first-order valence-electron chi connectivity index (χ1n) is 12.2. The van der Waals surface area contributed by atoms with E-state index in [1.807, 2.05) is 0 Å². The van der Waals surface area contributed by atoms with Gasteiger partial charge in [-0.3, -0.25) is 0 Å². The Kier molecular flexibility index (Phi) is 24.8. The highest BCUT2D eigenvalue weighted by molar-refractivity contribution is 6.37. The van der Waals surface area contributed by atoms with Gasteiger partial charge in [0.1, 0.15) is 0 Å². The predicted molar refractivity (Wildman–Crippen MR) is 126 cm³/mol. The molecule has 172 valence electrons. The van der Waals surface area contributed by atoms with Crippen LogP contribution in [0, 0.1) is 0 Å². The van der Waals surface area contributed by atoms with Crippen molar-refractivity contribution in [3.05, 3.63) is 0 Å². The minimum Gasteiger partial charge on any atom is -0.353 e. The molecule has 0 heterocycles. The van der Waals surface area contributed by atoms with Crippen molar-refractivity contribution in [2.45, 2.75) is 122 Å².